The van der Waals surface area contributed by atoms with Crippen molar-refractivity contribution >= 4 is 17.7 Å². The molecule has 0 radical (unpaired) electrons. The molecule has 0 saturated heterocycles. The molecule has 0 spiro atoms. The molecule has 0 bridgehead atoms. The van der Waals surface area contributed by atoms with Gasteiger partial charge in [0.05, 0.1) is 0 Å². The largest absolute Gasteiger partial charge is 0.504 e. The van der Waals surface area contributed by atoms with Crippen LogP contribution in [-0.4, -0.2) is 22.7 Å². The minimum Gasteiger partial charge on any atom is -0.504 e. The summed E-state index contributed by atoms with van der Waals surface area (Å²) in [6, 6.07) is 4.31. The zero-order valence-corrected chi connectivity index (χ0v) is 9.92. The van der Waals surface area contributed by atoms with Crippen molar-refractivity contribution < 1.29 is 14.6 Å². The molecule has 0 unspecified atom stereocenters. The summed E-state index contributed by atoms with van der Waals surface area (Å²) in [4.78, 5) is 10.9. The van der Waals surface area contributed by atoms with Crippen molar-refractivity contribution in [2.45, 2.75) is 13.3 Å². The maximum absolute atomic E-state index is 10.9. The van der Waals surface area contributed by atoms with E-state index in [0.717, 1.165) is 12.2 Å². The van der Waals surface area contributed by atoms with Crippen molar-refractivity contribution in [2.75, 3.05) is 11.7 Å². The molecular formula is C11H15NO3S. The Morgan fingerprint density at radius 2 is 2.31 bits per heavy atom. The molecule has 0 aliphatic carbocycles. The van der Waals surface area contributed by atoms with Gasteiger partial charge in [-0.2, -0.15) is 0 Å². The molecule has 16 heavy (non-hydrogen) atoms. The van der Waals surface area contributed by atoms with Crippen molar-refractivity contribution in [1.29, 1.82) is 0 Å². The molecule has 0 fully saturated rings. The predicted octanol–water partition coefficient (Wildman–Crippen LogP) is 1.97. The van der Waals surface area contributed by atoms with Crippen molar-refractivity contribution in [3.63, 3.8) is 0 Å². The standard InChI is InChI=1S/C11H15NO3S/c1-2-5-16-7-15-10-6-8(11(12)14)3-4-9(10)13/h3-4,6,13H,2,5,7H2,1H3,(H2,12,14). The molecule has 1 aromatic carbocycles. The molecule has 0 heterocycles. The monoisotopic (exact) mass is 241 g/mol. The first-order valence-corrected chi connectivity index (χ1v) is 6.14. The minimum atomic E-state index is -0.536. The fourth-order valence-electron chi connectivity index (χ4n) is 1.09. The van der Waals surface area contributed by atoms with E-state index in [-0.39, 0.29) is 5.75 Å². The first-order chi connectivity index (χ1) is 7.65. The smallest absolute Gasteiger partial charge is 0.248 e. The second-order valence-corrected chi connectivity index (χ2v) is 4.27. The number of benzene rings is 1. The molecule has 0 saturated carbocycles. The number of nitrogens with two attached hydrogens (primary N) is 1. The topological polar surface area (TPSA) is 72.5 Å². The predicted molar refractivity (Wildman–Crippen MR) is 64.9 cm³/mol. The number of thioether (sulfide) groups is 1. The lowest BCUT2D eigenvalue weighted by Crippen LogP contribution is -2.10. The highest BCUT2D eigenvalue weighted by atomic mass is 32.2. The van der Waals surface area contributed by atoms with Crippen molar-refractivity contribution in [3.05, 3.63) is 23.8 Å². The van der Waals surface area contributed by atoms with Crippen LogP contribution in [0.4, 0.5) is 0 Å². The van der Waals surface area contributed by atoms with E-state index in [0.29, 0.717) is 17.3 Å². The molecule has 1 rings (SSSR count). The van der Waals surface area contributed by atoms with Crippen molar-refractivity contribution in [3.8, 4) is 11.5 Å². The fraction of sp³-hybridized carbons (Fsp3) is 0.364. The number of ether oxygens (including phenoxy) is 1. The van der Waals surface area contributed by atoms with Gasteiger partial charge in [0.25, 0.3) is 0 Å². The third kappa shape index (κ3) is 3.66. The summed E-state index contributed by atoms with van der Waals surface area (Å²) < 4.78 is 5.33. The van der Waals surface area contributed by atoms with Crippen LogP contribution in [0.3, 0.4) is 0 Å². The molecule has 88 valence electrons. The van der Waals surface area contributed by atoms with Gasteiger partial charge in [-0.1, -0.05) is 6.92 Å². The number of hydrogen-bond acceptors (Lipinski definition) is 4. The highest BCUT2D eigenvalue weighted by Gasteiger charge is 2.07. The molecule has 5 heteroatoms. The van der Waals surface area contributed by atoms with Gasteiger partial charge in [0.2, 0.25) is 5.91 Å². The molecule has 0 aromatic heterocycles. The van der Waals surface area contributed by atoms with Gasteiger partial charge < -0.3 is 15.6 Å². The minimum absolute atomic E-state index is 0.0158. The Bertz CT molecular complexity index is 368. The lowest BCUT2D eigenvalue weighted by Gasteiger charge is -2.08. The number of amides is 1. The van der Waals surface area contributed by atoms with Gasteiger partial charge in [-0.15, -0.1) is 11.8 Å². The van der Waals surface area contributed by atoms with Crippen molar-refractivity contribution in [2.24, 2.45) is 5.73 Å². The van der Waals surface area contributed by atoms with E-state index in [1.165, 1.54) is 18.2 Å². The van der Waals surface area contributed by atoms with Gasteiger partial charge >= 0.3 is 0 Å². The number of rotatable bonds is 6. The number of phenols is 1. The third-order valence-corrected chi connectivity index (χ3v) is 2.87. The third-order valence-electron chi connectivity index (χ3n) is 1.89. The van der Waals surface area contributed by atoms with Crippen LogP contribution in [-0.2, 0) is 0 Å². The summed E-state index contributed by atoms with van der Waals surface area (Å²) in [5.41, 5.74) is 5.45. The Morgan fingerprint density at radius 3 is 2.94 bits per heavy atom. The average Bonchev–Trinajstić information content (AvgIpc) is 2.26. The number of phenolic OH excluding ortho intramolecular Hbond substituents is 1. The number of aromatic hydroxyl groups is 1. The quantitative estimate of drug-likeness (QED) is 0.590. The van der Waals surface area contributed by atoms with Crippen LogP contribution in [0.2, 0.25) is 0 Å². The summed E-state index contributed by atoms with van der Waals surface area (Å²) in [5.74, 6) is 1.22. The van der Waals surface area contributed by atoms with Crippen LogP contribution in [0.1, 0.15) is 23.7 Å². The summed E-state index contributed by atoms with van der Waals surface area (Å²) >= 11 is 1.62. The van der Waals surface area contributed by atoms with Crippen LogP contribution in [0, 0.1) is 0 Å². The first kappa shape index (κ1) is 12.7. The molecular weight excluding hydrogens is 226 g/mol. The van der Waals surface area contributed by atoms with E-state index >= 15 is 0 Å². The zero-order chi connectivity index (χ0) is 12.0. The van der Waals surface area contributed by atoms with Crippen LogP contribution in [0.15, 0.2) is 18.2 Å². The molecule has 1 aromatic rings. The second-order valence-electron chi connectivity index (χ2n) is 3.22. The zero-order valence-electron chi connectivity index (χ0n) is 9.10. The Balaban J connectivity index is 2.63. The van der Waals surface area contributed by atoms with Crippen LogP contribution in [0.5, 0.6) is 11.5 Å². The lowest BCUT2D eigenvalue weighted by atomic mass is 10.2. The Labute approximate surface area is 98.8 Å². The Morgan fingerprint density at radius 1 is 1.56 bits per heavy atom. The molecule has 0 aliphatic heterocycles. The summed E-state index contributed by atoms with van der Waals surface area (Å²) in [6.45, 7) is 2.08. The van der Waals surface area contributed by atoms with Crippen molar-refractivity contribution in [1.82, 2.24) is 0 Å². The van der Waals surface area contributed by atoms with E-state index in [4.69, 9.17) is 10.5 Å². The number of carbonyl (C=O) groups is 1. The van der Waals surface area contributed by atoms with Gasteiger partial charge in [-0.05, 0) is 30.4 Å². The maximum Gasteiger partial charge on any atom is 0.248 e. The van der Waals surface area contributed by atoms with Gasteiger partial charge in [0, 0.05) is 5.56 Å². The van der Waals surface area contributed by atoms with Gasteiger partial charge in [0.1, 0.15) is 5.94 Å². The number of primary amides is 1. The fourth-order valence-corrected chi connectivity index (χ4v) is 1.71. The average molecular weight is 241 g/mol. The number of hydrogen-bond donors (Lipinski definition) is 2. The number of carbonyl (C=O) groups excluding carboxylic acids is 1. The van der Waals surface area contributed by atoms with E-state index in [9.17, 15) is 9.90 Å². The highest BCUT2D eigenvalue weighted by molar-refractivity contribution is 7.99. The Hall–Kier alpha value is -1.36. The highest BCUT2D eigenvalue weighted by Crippen LogP contribution is 2.27. The maximum atomic E-state index is 10.9. The van der Waals surface area contributed by atoms with Crippen LogP contribution >= 0.6 is 11.8 Å². The van der Waals surface area contributed by atoms with Crippen LogP contribution in [0.25, 0.3) is 0 Å². The molecule has 0 aliphatic rings. The summed E-state index contributed by atoms with van der Waals surface area (Å²) in [7, 11) is 0. The van der Waals surface area contributed by atoms with E-state index in [2.05, 4.69) is 6.92 Å². The van der Waals surface area contributed by atoms with Gasteiger partial charge in [-0.3, -0.25) is 4.79 Å². The molecule has 1 amide bonds. The van der Waals surface area contributed by atoms with Crippen LogP contribution < -0.4 is 10.5 Å². The van der Waals surface area contributed by atoms with Gasteiger partial charge in [0.15, 0.2) is 11.5 Å². The summed E-state index contributed by atoms with van der Waals surface area (Å²) in [5, 5.41) is 9.49. The Kier molecular flexibility index (Phi) is 4.98. The van der Waals surface area contributed by atoms with E-state index in [1.807, 2.05) is 0 Å². The molecule has 3 N–H and O–H groups in total. The first-order valence-electron chi connectivity index (χ1n) is 4.98. The molecule has 0 atom stereocenters. The van der Waals surface area contributed by atoms with E-state index in [1.54, 1.807) is 11.8 Å². The SMILES string of the molecule is CCCSCOc1cc(C(N)=O)ccc1O. The lowest BCUT2D eigenvalue weighted by molar-refractivity contribution is 0.1000. The second kappa shape index (κ2) is 6.27. The van der Waals surface area contributed by atoms with Gasteiger partial charge in [-0.25, -0.2) is 0 Å². The normalized spacial score (nSPS) is 10.1. The summed E-state index contributed by atoms with van der Waals surface area (Å²) in [6.07, 6.45) is 1.07. The molecule has 4 nitrogen and oxygen atoms in total. The van der Waals surface area contributed by atoms with E-state index < -0.39 is 5.91 Å².